The van der Waals surface area contributed by atoms with E-state index in [4.69, 9.17) is 5.73 Å². The molecule has 1 heterocycles. The van der Waals surface area contributed by atoms with Crippen molar-refractivity contribution in [3.05, 3.63) is 51.8 Å². The summed E-state index contributed by atoms with van der Waals surface area (Å²) in [6.07, 6.45) is 1.73. The van der Waals surface area contributed by atoms with Gasteiger partial charge in [0.2, 0.25) is 5.78 Å². The number of nitrogen functional groups attached to an aromatic ring is 1. The molecule has 0 saturated heterocycles. The first kappa shape index (κ1) is 11.0. The number of rotatable bonds is 2. The van der Waals surface area contributed by atoms with E-state index in [0.29, 0.717) is 16.9 Å². The summed E-state index contributed by atoms with van der Waals surface area (Å²) in [4.78, 5) is 15.0. The molecule has 0 radical (unpaired) electrons. The Morgan fingerprint density at radius 1 is 1.44 bits per heavy atom. The number of halogens is 1. The Labute approximate surface area is 102 Å². The molecule has 0 saturated carbocycles. The molecule has 0 aliphatic rings. The Morgan fingerprint density at radius 2 is 2.19 bits per heavy atom. The maximum absolute atomic E-state index is 12.1. The summed E-state index contributed by atoms with van der Waals surface area (Å²) in [6.45, 7) is 1.85. The average Bonchev–Trinajstić information content (AvgIpc) is 2.75. The van der Waals surface area contributed by atoms with E-state index in [1.807, 2.05) is 6.92 Å². The van der Waals surface area contributed by atoms with Crippen molar-refractivity contribution in [2.75, 3.05) is 5.73 Å². The number of benzene rings is 1. The zero-order chi connectivity index (χ0) is 11.7. The third kappa shape index (κ3) is 1.88. The molecule has 1 aromatic heterocycles. The van der Waals surface area contributed by atoms with Crippen LogP contribution in [0.25, 0.3) is 0 Å². The summed E-state index contributed by atoms with van der Waals surface area (Å²) in [6, 6.07) is 7.12. The zero-order valence-corrected chi connectivity index (χ0v) is 10.3. The molecule has 16 heavy (non-hydrogen) atoms. The van der Waals surface area contributed by atoms with Crippen molar-refractivity contribution in [2.24, 2.45) is 0 Å². The van der Waals surface area contributed by atoms with E-state index < -0.39 is 0 Å². The normalized spacial score (nSPS) is 10.4. The van der Waals surface area contributed by atoms with Crippen LogP contribution in [0, 0.1) is 6.92 Å². The Bertz CT molecular complexity index is 532. The summed E-state index contributed by atoms with van der Waals surface area (Å²) >= 11 is 3.34. The highest BCUT2D eigenvalue weighted by atomic mass is 79.9. The van der Waals surface area contributed by atoms with Gasteiger partial charge in [-0.15, -0.1) is 0 Å². The van der Waals surface area contributed by atoms with Crippen LogP contribution in [0.2, 0.25) is 0 Å². The zero-order valence-electron chi connectivity index (χ0n) is 8.75. The molecule has 0 bridgehead atoms. The highest BCUT2D eigenvalue weighted by molar-refractivity contribution is 9.10. The number of hydrogen-bond acceptors (Lipinski definition) is 2. The molecule has 3 N–H and O–H groups in total. The van der Waals surface area contributed by atoms with E-state index >= 15 is 0 Å². The SMILES string of the molecule is Cc1c(N)cc(Br)cc1C(=O)c1ccc[nH]1. The second-order valence-electron chi connectivity index (χ2n) is 3.58. The number of carbonyl (C=O) groups is 1. The Balaban J connectivity index is 2.52. The van der Waals surface area contributed by atoms with Crippen LogP contribution in [0.3, 0.4) is 0 Å². The first-order valence-corrected chi connectivity index (χ1v) is 5.62. The van der Waals surface area contributed by atoms with Gasteiger partial charge in [-0.05, 0) is 36.8 Å². The van der Waals surface area contributed by atoms with Crippen LogP contribution in [0.1, 0.15) is 21.6 Å². The number of nitrogens with one attached hydrogen (secondary N) is 1. The molecule has 0 unspecified atom stereocenters. The maximum Gasteiger partial charge on any atom is 0.209 e. The number of anilines is 1. The van der Waals surface area contributed by atoms with Gasteiger partial charge in [-0.2, -0.15) is 0 Å². The first-order chi connectivity index (χ1) is 7.59. The van der Waals surface area contributed by atoms with Crippen molar-refractivity contribution in [1.82, 2.24) is 4.98 Å². The number of H-pyrrole nitrogens is 1. The fourth-order valence-corrected chi connectivity index (χ4v) is 2.03. The van der Waals surface area contributed by atoms with Crippen LogP contribution in [-0.2, 0) is 0 Å². The van der Waals surface area contributed by atoms with Crippen molar-refractivity contribution < 1.29 is 4.79 Å². The second kappa shape index (κ2) is 4.14. The van der Waals surface area contributed by atoms with Gasteiger partial charge in [-0.1, -0.05) is 15.9 Å². The smallest absolute Gasteiger partial charge is 0.209 e. The topological polar surface area (TPSA) is 58.9 Å². The van der Waals surface area contributed by atoms with Gasteiger partial charge in [-0.3, -0.25) is 4.79 Å². The fourth-order valence-electron chi connectivity index (χ4n) is 1.55. The van der Waals surface area contributed by atoms with Crippen LogP contribution in [0.5, 0.6) is 0 Å². The third-order valence-electron chi connectivity index (χ3n) is 2.50. The van der Waals surface area contributed by atoms with Crippen LogP contribution in [0.4, 0.5) is 5.69 Å². The Morgan fingerprint density at radius 3 is 2.81 bits per heavy atom. The van der Waals surface area contributed by atoms with Gasteiger partial charge in [0.05, 0.1) is 5.69 Å². The molecule has 0 aliphatic carbocycles. The molecule has 0 spiro atoms. The molecule has 2 aromatic rings. The molecule has 0 aliphatic heterocycles. The van der Waals surface area contributed by atoms with Crippen molar-refractivity contribution >= 4 is 27.4 Å². The number of carbonyl (C=O) groups excluding carboxylic acids is 1. The van der Waals surface area contributed by atoms with E-state index in [1.54, 1.807) is 30.5 Å². The van der Waals surface area contributed by atoms with Gasteiger partial charge >= 0.3 is 0 Å². The van der Waals surface area contributed by atoms with E-state index in [9.17, 15) is 4.79 Å². The van der Waals surface area contributed by atoms with E-state index in [2.05, 4.69) is 20.9 Å². The Kier molecular flexibility index (Phi) is 2.83. The Hall–Kier alpha value is -1.55. The standard InChI is InChI=1S/C12H11BrN2O/c1-7-9(5-8(13)6-10(7)14)12(16)11-3-2-4-15-11/h2-6,15H,14H2,1H3. The molecule has 0 fully saturated rings. The molecule has 4 heteroatoms. The lowest BCUT2D eigenvalue weighted by atomic mass is 10.0. The largest absolute Gasteiger partial charge is 0.398 e. The lowest BCUT2D eigenvalue weighted by Gasteiger charge is -2.07. The monoisotopic (exact) mass is 278 g/mol. The summed E-state index contributed by atoms with van der Waals surface area (Å²) in [5.41, 5.74) is 8.43. The highest BCUT2D eigenvalue weighted by Crippen LogP contribution is 2.24. The predicted octanol–water partition coefficient (Wildman–Crippen LogP) is 2.90. The minimum Gasteiger partial charge on any atom is -0.398 e. The van der Waals surface area contributed by atoms with Crippen LogP contribution < -0.4 is 5.73 Å². The van der Waals surface area contributed by atoms with Crippen molar-refractivity contribution in [2.45, 2.75) is 6.92 Å². The lowest BCUT2D eigenvalue weighted by Crippen LogP contribution is -2.06. The number of hydrogen-bond donors (Lipinski definition) is 2. The fraction of sp³-hybridized carbons (Fsp3) is 0.0833. The maximum atomic E-state index is 12.1. The quantitative estimate of drug-likeness (QED) is 0.656. The molecule has 3 nitrogen and oxygen atoms in total. The number of aromatic nitrogens is 1. The summed E-state index contributed by atoms with van der Waals surface area (Å²) in [5, 5.41) is 0. The minimum atomic E-state index is -0.0458. The van der Waals surface area contributed by atoms with Gasteiger partial charge in [0, 0.05) is 21.9 Å². The van der Waals surface area contributed by atoms with E-state index in [-0.39, 0.29) is 5.78 Å². The minimum absolute atomic E-state index is 0.0458. The molecule has 82 valence electrons. The highest BCUT2D eigenvalue weighted by Gasteiger charge is 2.14. The van der Waals surface area contributed by atoms with Crippen molar-refractivity contribution in [1.29, 1.82) is 0 Å². The summed E-state index contributed by atoms with van der Waals surface area (Å²) in [5.74, 6) is -0.0458. The molecule has 1 aromatic carbocycles. The number of nitrogens with two attached hydrogens (primary N) is 1. The van der Waals surface area contributed by atoms with Gasteiger partial charge in [0.25, 0.3) is 0 Å². The average molecular weight is 279 g/mol. The summed E-state index contributed by atoms with van der Waals surface area (Å²) in [7, 11) is 0. The van der Waals surface area contributed by atoms with Crippen molar-refractivity contribution in [3.63, 3.8) is 0 Å². The van der Waals surface area contributed by atoms with Gasteiger partial charge in [0.15, 0.2) is 0 Å². The van der Waals surface area contributed by atoms with Gasteiger partial charge in [-0.25, -0.2) is 0 Å². The second-order valence-corrected chi connectivity index (χ2v) is 4.50. The molecular formula is C12H11BrN2O. The van der Waals surface area contributed by atoms with Crippen LogP contribution >= 0.6 is 15.9 Å². The van der Waals surface area contributed by atoms with Gasteiger partial charge in [0.1, 0.15) is 0 Å². The molecule has 2 rings (SSSR count). The molecule has 0 amide bonds. The van der Waals surface area contributed by atoms with E-state index in [1.165, 1.54) is 0 Å². The first-order valence-electron chi connectivity index (χ1n) is 4.83. The van der Waals surface area contributed by atoms with Crippen LogP contribution in [-0.4, -0.2) is 10.8 Å². The molecule has 0 atom stereocenters. The van der Waals surface area contributed by atoms with E-state index in [0.717, 1.165) is 10.0 Å². The summed E-state index contributed by atoms with van der Waals surface area (Å²) < 4.78 is 0.811. The van der Waals surface area contributed by atoms with Gasteiger partial charge < -0.3 is 10.7 Å². The molecular weight excluding hydrogens is 268 g/mol. The predicted molar refractivity (Wildman–Crippen MR) is 67.5 cm³/mol. The van der Waals surface area contributed by atoms with Crippen LogP contribution in [0.15, 0.2) is 34.9 Å². The number of aromatic amines is 1. The lowest BCUT2D eigenvalue weighted by molar-refractivity contribution is 0.103. The number of ketones is 1. The third-order valence-corrected chi connectivity index (χ3v) is 2.96. The van der Waals surface area contributed by atoms with Crippen molar-refractivity contribution in [3.8, 4) is 0 Å².